The highest BCUT2D eigenvalue weighted by molar-refractivity contribution is 5.88. The molecular weight excluding hydrogens is 350 g/mol. The smallest absolute Gasteiger partial charge is 0.324 e. The average Bonchev–Trinajstić information content (AvgIpc) is 3.02. The molecule has 0 aromatic carbocycles. The Kier molecular flexibility index (Phi) is 6.54. The van der Waals surface area contributed by atoms with Crippen LogP contribution in [0, 0.1) is 0 Å². The Balaban J connectivity index is 1.51. The van der Waals surface area contributed by atoms with Crippen LogP contribution in [0.3, 0.4) is 0 Å². The van der Waals surface area contributed by atoms with Gasteiger partial charge in [0.05, 0.1) is 18.9 Å². The van der Waals surface area contributed by atoms with Crippen molar-refractivity contribution in [3.8, 4) is 0 Å². The molecule has 3 heterocycles. The van der Waals surface area contributed by atoms with Gasteiger partial charge in [-0.3, -0.25) is 5.32 Å². The minimum Gasteiger partial charge on any atom is -0.378 e. The Morgan fingerprint density at radius 3 is 2.52 bits per heavy atom. The van der Waals surface area contributed by atoms with E-state index in [-0.39, 0.29) is 18.0 Å². The minimum absolute atomic E-state index is 0.0361. The number of hydrogen-bond donors (Lipinski definition) is 1. The maximum atomic E-state index is 12.6. The second-order valence-corrected chi connectivity index (χ2v) is 7.07. The molecule has 2 saturated heterocycles. The number of anilines is 1. The number of carbonyl (C=O) groups is 2. The molecule has 0 bridgehead atoms. The van der Waals surface area contributed by atoms with Crippen molar-refractivity contribution < 1.29 is 18.8 Å². The predicted octanol–water partition coefficient (Wildman–Crippen LogP) is 2.18. The molecule has 1 atom stereocenters. The van der Waals surface area contributed by atoms with Crippen LogP contribution < -0.4 is 5.32 Å². The highest BCUT2D eigenvalue weighted by atomic mass is 16.5. The second-order valence-electron chi connectivity index (χ2n) is 7.07. The van der Waals surface area contributed by atoms with E-state index in [9.17, 15) is 9.59 Å². The molecule has 2 aliphatic heterocycles. The molecule has 0 aliphatic carbocycles. The molecule has 0 spiro atoms. The largest absolute Gasteiger partial charge is 0.378 e. The Morgan fingerprint density at radius 1 is 1.11 bits per heavy atom. The molecule has 3 rings (SSSR count). The van der Waals surface area contributed by atoms with E-state index in [2.05, 4.69) is 24.3 Å². The third-order valence-electron chi connectivity index (χ3n) is 5.21. The fraction of sp³-hybridized carbons (Fsp3) is 0.722. The number of nitrogens with zero attached hydrogens (tertiary/aromatic N) is 4. The summed E-state index contributed by atoms with van der Waals surface area (Å²) < 4.78 is 10.5. The summed E-state index contributed by atoms with van der Waals surface area (Å²) in [5.74, 6) is 0.651. The number of aromatic nitrogens is 1. The van der Waals surface area contributed by atoms with Crippen molar-refractivity contribution in [3.05, 3.63) is 11.8 Å². The van der Waals surface area contributed by atoms with Gasteiger partial charge in [0.15, 0.2) is 0 Å². The average molecular weight is 379 g/mol. The molecule has 150 valence electrons. The highest BCUT2D eigenvalue weighted by Crippen LogP contribution is 2.21. The Bertz CT molecular complexity index is 643. The molecular formula is C18H29N5O4. The summed E-state index contributed by atoms with van der Waals surface area (Å²) in [4.78, 5) is 30.5. The molecule has 1 unspecified atom stereocenters. The fourth-order valence-electron chi connectivity index (χ4n) is 3.24. The zero-order valence-electron chi connectivity index (χ0n) is 16.1. The normalized spacial score (nSPS) is 19.6. The number of amides is 4. The van der Waals surface area contributed by atoms with Crippen LogP contribution in [0.1, 0.15) is 38.3 Å². The van der Waals surface area contributed by atoms with Gasteiger partial charge in [-0.05, 0) is 12.8 Å². The first-order valence-corrected chi connectivity index (χ1v) is 9.72. The quantitative estimate of drug-likeness (QED) is 0.869. The van der Waals surface area contributed by atoms with E-state index in [0.29, 0.717) is 58.4 Å². The van der Waals surface area contributed by atoms with Crippen LogP contribution in [0.5, 0.6) is 0 Å². The first-order valence-electron chi connectivity index (χ1n) is 9.72. The fourth-order valence-corrected chi connectivity index (χ4v) is 3.24. The van der Waals surface area contributed by atoms with E-state index in [1.165, 1.54) is 0 Å². The molecule has 0 saturated carbocycles. The molecule has 9 nitrogen and oxygen atoms in total. The van der Waals surface area contributed by atoms with E-state index in [4.69, 9.17) is 9.26 Å². The van der Waals surface area contributed by atoms with Crippen molar-refractivity contribution in [1.82, 2.24) is 19.9 Å². The molecule has 1 N–H and O–H groups in total. The number of rotatable bonds is 3. The third kappa shape index (κ3) is 4.91. The molecule has 9 heteroatoms. The van der Waals surface area contributed by atoms with Gasteiger partial charge in [-0.2, -0.15) is 0 Å². The van der Waals surface area contributed by atoms with Crippen molar-refractivity contribution in [3.63, 3.8) is 0 Å². The SMILES string of the molecule is CCC(C)c1cc(NC(=O)N2CCCN(C(=O)N3CCOCC3)CC2)on1. The lowest BCUT2D eigenvalue weighted by Gasteiger charge is -2.32. The van der Waals surface area contributed by atoms with Gasteiger partial charge in [-0.25, -0.2) is 9.59 Å². The zero-order valence-corrected chi connectivity index (χ0v) is 16.1. The van der Waals surface area contributed by atoms with Crippen LogP contribution in [0.25, 0.3) is 0 Å². The lowest BCUT2D eigenvalue weighted by molar-refractivity contribution is 0.0437. The van der Waals surface area contributed by atoms with E-state index >= 15 is 0 Å². The Morgan fingerprint density at radius 2 is 1.78 bits per heavy atom. The van der Waals surface area contributed by atoms with E-state index in [1.807, 2.05) is 9.80 Å². The van der Waals surface area contributed by atoms with Crippen molar-refractivity contribution in [2.24, 2.45) is 0 Å². The number of urea groups is 2. The maximum Gasteiger partial charge on any atom is 0.324 e. The molecule has 2 fully saturated rings. The van der Waals surface area contributed by atoms with Crippen molar-refractivity contribution in [2.75, 3.05) is 57.8 Å². The lowest BCUT2D eigenvalue weighted by Crippen LogP contribution is -2.49. The molecule has 27 heavy (non-hydrogen) atoms. The topological polar surface area (TPSA) is 91.2 Å². The number of ether oxygens (including phenoxy) is 1. The van der Waals surface area contributed by atoms with Crippen LogP contribution >= 0.6 is 0 Å². The summed E-state index contributed by atoms with van der Waals surface area (Å²) in [5, 5.41) is 6.79. The van der Waals surface area contributed by atoms with Gasteiger partial charge in [-0.1, -0.05) is 19.0 Å². The second kappa shape index (κ2) is 9.07. The van der Waals surface area contributed by atoms with Crippen LogP contribution in [-0.4, -0.2) is 84.4 Å². The zero-order chi connectivity index (χ0) is 19.2. The molecule has 1 aromatic heterocycles. The van der Waals surface area contributed by atoms with Crippen molar-refractivity contribution >= 4 is 17.9 Å². The summed E-state index contributed by atoms with van der Waals surface area (Å²) in [6.07, 6.45) is 1.71. The van der Waals surface area contributed by atoms with Gasteiger partial charge in [0, 0.05) is 51.3 Å². The van der Waals surface area contributed by atoms with Gasteiger partial charge >= 0.3 is 12.1 Å². The summed E-state index contributed by atoms with van der Waals surface area (Å²) in [6, 6.07) is 1.59. The highest BCUT2D eigenvalue weighted by Gasteiger charge is 2.26. The molecule has 1 aromatic rings. The standard InChI is InChI=1S/C18H29N5O4/c1-3-14(2)15-13-16(27-20-15)19-17(24)21-5-4-6-22(8-7-21)18(25)23-9-11-26-12-10-23/h13-14H,3-12H2,1-2H3,(H,19,24). The predicted molar refractivity (Wildman–Crippen MR) is 99.8 cm³/mol. The van der Waals surface area contributed by atoms with Crippen LogP contribution in [0.15, 0.2) is 10.6 Å². The molecule has 2 aliphatic rings. The van der Waals surface area contributed by atoms with E-state index < -0.39 is 0 Å². The Labute approximate surface area is 159 Å². The van der Waals surface area contributed by atoms with Gasteiger partial charge in [0.1, 0.15) is 0 Å². The summed E-state index contributed by atoms with van der Waals surface area (Å²) in [6.45, 7) is 8.86. The number of carbonyl (C=O) groups excluding carboxylic acids is 2. The Hall–Kier alpha value is -2.29. The van der Waals surface area contributed by atoms with Crippen molar-refractivity contribution in [1.29, 1.82) is 0 Å². The van der Waals surface area contributed by atoms with Crippen LogP contribution in [-0.2, 0) is 4.74 Å². The van der Waals surface area contributed by atoms with E-state index in [0.717, 1.165) is 18.5 Å². The molecule has 4 amide bonds. The van der Waals surface area contributed by atoms with Crippen LogP contribution in [0.2, 0.25) is 0 Å². The summed E-state index contributed by atoms with van der Waals surface area (Å²) in [5.41, 5.74) is 0.839. The number of hydrogen-bond acceptors (Lipinski definition) is 5. The van der Waals surface area contributed by atoms with Gasteiger partial charge < -0.3 is 24.0 Å². The molecule has 0 radical (unpaired) electrons. The van der Waals surface area contributed by atoms with Gasteiger partial charge in [-0.15, -0.1) is 0 Å². The summed E-state index contributed by atoms with van der Waals surface area (Å²) in [7, 11) is 0. The van der Waals surface area contributed by atoms with Crippen LogP contribution in [0.4, 0.5) is 15.5 Å². The first-order chi connectivity index (χ1) is 13.1. The number of nitrogens with one attached hydrogen (secondary N) is 1. The van der Waals surface area contributed by atoms with E-state index in [1.54, 1.807) is 11.0 Å². The summed E-state index contributed by atoms with van der Waals surface area (Å²) >= 11 is 0. The monoisotopic (exact) mass is 379 g/mol. The minimum atomic E-state index is -0.220. The third-order valence-corrected chi connectivity index (χ3v) is 5.21. The lowest BCUT2D eigenvalue weighted by atomic mass is 10.1. The van der Waals surface area contributed by atoms with Gasteiger partial charge in [0.2, 0.25) is 5.88 Å². The maximum absolute atomic E-state index is 12.6. The number of morpholine rings is 1. The van der Waals surface area contributed by atoms with Gasteiger partial charge in [0.25, 0.3) is 0 Å². The first kappa shape index (κ1) is 19.5. The van der Waals surface area contributed by atoms with Crippen molar-refractivity contribution in [2.45, 2.75) is 32.6 Å².